The number of benzene rings is 3. The molecule has 3 aromatic carbocycles. The van der Waals surface area contributed by atoms with Gasteiger partial charge >= 0.3 is 0 Å². The Kier molecular flexibility index (Phi) is 7.39. The van der Waals surface area contributed by atoms with E-state index >= 15 is 0 Å². The molecule has 0 N–H and O–H groups in total. The van der Waals surface area contributed by atoms with Crippen molar-refractivity contribution >= 4 is 34.2 Å². The van der Waals surface area contributed by atoms with Crippen LogP contribution < -0.4 is 0 Å². The van der Waals surface area contributed by atoms with Gasteiger partial charge in [-0.3, -0.25) is 4.21 Å². The molecule has 4 aromatic rings. The van der Waals surface area contributed by atoms with Crippen LogP contribution in [0.5, 0.6) is 0 Å². The highest BCUT2D eigenvalue weighted by atomic mass is 35.5. The van der Waals surface area contributed by atoms with Gasteiger partial charge < -0.3 is 0 Å². The van der Waals surface area contributed by atoms with Crippen LogP contribution >= 0.6 is 23.4 Å². The summed E-state index contributed by atoms with van der Waals surface area (Å²) in [5.41, 5.74) is 5.00. The van der Waals surface area contributed by atoms with Crippen LogP contribution in [0, 0.1) is 11.3 Å². The Bertz CT molecular complexity index is 1270. The molecule has 0 aliphatic heterocycles. The maximum atomic E-state index is 12.7. The van der Waals surface area contributed by atoms with Crippen molar-refractivity contribution in [3.63, 3.8) is 0 Å². The van der Waals surface area contributed by atoms with Gasteiger partial charge in [0.05, 0.1) is 16.3 Å². The van der Waals surface area contributed by atoms with Crippen LogP contribution in [0.2, 0.25) is 5.02 Å². The molecule has 32 heavy (non-hydrogen) atoms. The summed E-state index contributed by atoms with van der Waals surface area (Å²) in [6.45, 7) is 0. The van der Waals surface area contributed by atoms with Crippen molar-refractivity contribution in [3.05, 3.63) is 107 Å². The lowest BCUT2D eigenvalue weighted by Crippen LogP contribution is -2.01. The van der Waals surface area contributed by atoms with Crippen molar-refractivity contribution < 1.29 is 4.21 Å². The maximum absolute atomic E-state index is 12.7. The molecule has 6 heteroatoms. The van der Waals surface area contributed by atoms with Gasteiger partial charge in [-0.2, -0.15) is 5.26 Å². The monoisotopic (exact) mass is 474 g/mol. The van der Waals surface area contributed by atoms with Crippen molar-refractivity contribution in [2.75, 3.05) is 5.08 Å². The first-order chi connectivity index (χ1) is 15.6. The lowest BCUT2D eigenvalue weighted by atomic mass is 9.99. The summed E-state index contributed by atoms with van der Waals surface area (Å²) < 4.78 is 12.7. The van der Waals surface area contributed by atoms with Crippen LogP contribution in [-0.4, -0.2) is 14.3 Å². The Hall–Kier alpha value is -2.91. The molecule has 1 aromatic heterocycles. The first-order valence-corrected chi connectivity index (χ1v) is 12.8. The molecular formula is C26H19ClN2OS2. The van der Waals surface area contributed by atoms with Crippen molar-refractivity contribution in [2.24, 2.45) is 0 Å². The second kappa shape index (κ2) is 10.6. The highest BCUT2D eigenvalue weighted by molar-refractivity contribution is 8.10. The maximum Gasteiger partial charge on any atom is 0.116 e. The predicted molar refractivity (Wildman–Crippen MR) is 134 cm³/mol. The van der Waals surface area contributed by atoms with E-state index in [0.717, 1.165) is 27.9 Å². The normalized spacial score (nSPS) is 11.6. The largest absolute Gasteiger partial charge is 0.258 e. The minimum Gasteiger partial charge on any atom is -0.258 e. The third-order valence-electron chi connectivity index (χ3n) is 4.82. The second-order valence-corrected chi connectivity index (χ2v) is 10.3. The number of aromatic nitrogens is 1. The molecule has 0 radical (unpaired) electrons. The Morgan fingerprint density at radius 2 is 1.53 bits per heavy atom. The second-order valence-electron chi connectivity index (χ2n) is 7.05. The third-order valence-corrected chi connectivity index (χ3v) is 7.82. The minimum atomic E-state index is -1.12. The molecule has 1 atom stereocenters. The number of rotatable bonds is 7. The zero-order chi connectivity index (χ0) is 22.3. The van der Waals surface area contributed by atoms with Crippen LogP contribution in [0.25, 0.3) is 22.4 Å². The average Bonchev–Trinajstić information content (AvgIpc) is 2.84. The average molecular weight is 475 g/mol. The zero-order valence-electron chi connectivity index (χ0n) is 17.1. The number of hydrogen-bond acceptors (Lipinski definition) is 4. The molecule has 0 aliphatic rings. The lowest BCUT2D eigenvalue weighted by Gasteiger charge is -2.12. The number of pyridine rings is 1. The molecule has 158 valence electrons. The van der Waals surface area contributed by atoms with Crippen molar-refractivity contribution in [1.82, 2.24) is 4.98 Å². The Morgan fingerprint density at radius 3 is 2.16 bits per heavy atom. The van der Waals surface area contributed by atoms with Gasteiger partial charge in [0.2, 0.25) is 0 Å². The van der Waals surface area contributed by atoms with Crippen LogP contribution in [0.1, 0.15) is 11.1 Å². The number of thioether (sulfide) groups is 1. The summed E-state index contributed by atoms with van der Waals surface area (Å²) in [5.74, 6) is 0.427. The summed E-state index contributed by atoms with van der Waals surface area (Å²) in [4.78, 5) is 4.78. The summed E-state index contributed by atoms with van der Waals surface area (Å²) in [6, 6.07) is 31.3. The molecule has 0 aliphatic carbocycles. The van der Waals surface area contributed by atoms with E-state index in [0.29, 0.717) is 26.4 Å². The van der Waals surface area contributed by atoms with E-state index in [9.17, 15) is 9.47 Å². The fourth-order valence-electron chi connectivity index (χ4n) is 3.27. The van der Waals surface area contributed by atoms with Gasteiger partial charge in [-0.25, -0.2) is 4.98 Å². The highest BCUT2D eigenvalue weighted by Crippen LogP contribution is 2.34. The highest BCUT2D eigenvalue weighted by Gasteiger charge is 2.16. The molecule has 0 saturated heterocycles. The SMILES string of the molecule is N#Cc1c(-c2ccccc2)cc(-c2ccccc2)nc1SC[S@](=O)Cc1ccc(Cl)cc1. The number of hydrogen-bond donors (Lipinski definition) is 0. The fraction of sp³-hybridized carbons (Fsp3) is 0.0769. The summed E-state index contributed by atoms with van der Waals surface area (Å²) in [6.07, 6.45) is 0. The first-order valence-electron chi connectivity index (χ1n) is 9.92. The molecular weight excluding hydrogens is 456 g/mol. The van der Waals surface area contributed by atoms with Gasteiger partial charge in [-0.05, 0) is 29.3 Å². The quantitative estimate of drug-likeness (QED) is 0.272. The van der Waals surface area contributed by atoms with Crippen LogP contribution in [0.3, 0.4) is 0 Å². The molecule has 0 fully saturated rings. The third kappa shape index (κ3) is 5.46. The van der Waals surface area contributed by atoms with Crippen LogP contribution in [0.4, 0.5) is 0 Å². The van der Waals surface area contributed by atoms with Crippen molar-refractivity contribution in [1.29, 1.82) is 5.26 Å². The molecule has 0 unspecified atom stereocenters. The van der Waals surface area contributed by atoms with Gasteiger partial charge in [0.15, 0.2) is 0 Å². The van der Waals surface area contributed by atoms with Crippen molar-refractivity contribution in [2.45, 2.75) is 10.8 Å². The standard InChI is InChI=1S/C26H19ClN2OS2/c27-22-13-11-19(12-14-22)17-32(30)18-31-26-24(16-28)23(20-7-3-1-4-8-20)15-25(29-26)21-9-5-2-6-10-21/h1-15H,17-18H2/t32-/m1/s1. The summed E-state index contributed by atoms with van der Waals surface area (Å²) in [5, 5.41) is 11.6. The number of halogens is 1. The van der Waals surface area contributed by atoms with Gasteiger partial charge in [0, 0.05) is 32.7 Å². The predicted octanol–water partition coefficient (Wildman–Crippen LogP) is 6.94. The van der Waals surface area contributed by atoms with Gasteiger partial charge in [-0.1, -0.05) is 96.2 Å². The Labute approximate surface area is 199 Å². The smallest absolute Gasteiger partial charge is 0.116 e. The van der Waals surface area contributed by atoms with Crippen LogP contribution in [-0.2, 0) is 16.6 Å². The van der Waals surface area contributed by atoms with Crippen LogP contribution in [0.15, 0.2) is 96.0 Å². The first kappa shape index (κ1) is 22.3. The number of nitriles is 1. The van der Waals surface area contributed by atoms with E-state index in [4.69, 9.17) is 16.6 Å². The molecule has 0 bridgehead atoms. The molecule has 3 nitrogen and oxygen atoms in total. The van der Waals surface area contributed by atoms with E-state index in [1.54, 1.807) is 12.1 Å². The van der Waals surface area contributed by atoms with Gasteiger partial charge in [0.1, 0.15) is 11.1 Å². The summed E-state index contributed by atoms with van der Waals surface area (Å²) in [7, 11) is -1.12. The van der Waals surface area contributed by atoms with E-state index in [1.807, 2.05) is 78.9 Å². The Morgan fingerprint density at radius 1 is 0.906 bits per heavy atom. The van der Waals surface area contributed by atoms with E-state index in [2.05, 4.69) is 6.07 Å². The molecule has 1 heterocycles. The minimum absolute atomic E-state index is 0.344. The van der Waals surface area contributed by atoms with E-state index in [1.165, 1.54) is 11.8 Å². The molecule has 0 spiro atoms. The van der Waals surface area contributed by atoms with Crippen molar-refractivity contribution in [3.8, 4) is 28.5 Å². The molecule has 0 saturated carbocycles. The van der Waals surface area contributed by atoms with E-state index in [-0.39, 0.29) is 0 Å². The zero-order valence-corrected chi connectivity index (χ0v) is 19.5. The fourth-order valence-corrected chi connectivity index (χ4v) is 5.72. The lowest BCUT2D eigenvalue weighted by molar-refractivity contribution is 0.685. The van der Waals surface area contributed by atoms with Gasteiger partial charge in [0.25, 0.3) is 0 Å². The Balaban J connectivity index is 1.66. The summed E-state index contributed by atoms with van der Waals surface area (Å²) >= 11 is 7.29. The van der Waals surface area contributed by atoms with E-state index < -0.39 is 10.8 Å². The van der Waals surface area contributed by atoms with Gasteiger partial charge in [-0.15, -0.1) is 0 Å². The molecule has 0 amide bonds. The topological polar surface area (TPSA) is 53.8 Å². The number of nitrogens with zero attached hydrogens (tertiary/aromatic N) is 2. The molecule has 4 rings (SSSR count).